The van der Waals surface area contributed by atoms with Gasteiger partial charge in [0.15, 0.2) is 10.6 Å². The van der Waals surface area contributed by atoms with E-state index in [2.05, 4.69) is 21.0 Å². The number of nitrogens with zero attached hydrogens (tertiary/aromatic N) is 2. The maximum Gasteiger partial charge on any atom is 0.273 e. The van der Waals surface area contributed by atoms with Crippen LogP contribution in [-0.4, -0.2) is 33.7 Å². The van der Waals surface area contributed by atoms with Crippen LogP contribution in [0.3, 0.4) is 0 Å². The predicted octanol–water partition coefficient (Wildman–Crippen LogP) is 1.98. The van der Waals surface area contributed by atoms with Gasteiger partial charge < -0.3 is 9.15 Å². The number of hydrogen-bond acceptors (Lipinski definition) is 6. The molecule has 0 spiro atoms. The molecule has 0 aliphatic heterocycles. The van der Waals surface area contributed by atoms with Gasteiger partial charge in [0.05, 0.1) is 18.9 Å². The first kappa shape index (κ1) is 18.4. The van der Waals surface area contributed by atoms with Gasteiger partial charge in [-0.1, -0.05) is 0 Å². The van der Waals surface area contributed by atoms with Crippen molar-refractivity contribution in [3.8, 4) is 17.1 Å². The molecule has 10 heteroatoms. The second kappa shape index (κ2) is 7.87. The number of hydrazine groups is 1. The number of ether oxygens (including phenoxy) is 1. The van der Waals surface area contributed by atoms with E-state index in [1.807, 2.05) is 12.1 Å². The number of furan rings is 1. The van der Waals surface area contributed by atoms with Crippen molar-refractivity contribution in [2.45, 2.75) is 13.5 Å². The van der Waals surface area contributed by atoms with Crippen LogP contribution in [0.25, 0.3) is 11.4 Å². The van der Waals surface area contributed by atoms with E-state index in [9.17, 15) is 9.59 Å². The first-order valence-corrected chi connectivity index (χ1v) is 8.33. The maximum absolute atomic E-state index is 12.2. The normalized spacial score (nSPS) is 10.4. The molecule has 0 saturated heterocycles. The Balaban J connectivity index is 1.69. The summed E-state index contributed by atoms with van der Waals surface area (Å²) in [6.07, 6.45) is 1.40. The van der Waals surface area contributed by atoms with Gasteiger partial charge in [0, 0.05) is 5.56 Å². The number of H-pyrrole nitrogens is 1. The SMILES string of the molecule is COc1ccc(-c2n[nH]c(=S)n2CC(=O)NNC(=O)c2ccoc2C)cc1. The van der Waals surface area contributed by atoms with E-state index in [4.69, 9.17) is 21.4 Å². The van der Waals surface area contributed by atoms with Gasteiger partial charge in [-0.3, -0.25) is 30.1 Å². The quantitative estimate of drug-likeness (QED) is 0.456. The molecule has 140 valence electrons. The molecule has 0 radical (unpaired) electrons. The van der Waals surface area contributed by atoms with Gasteiger partial charge in [0.1, 0.15) is 18.1 Å². The Morgan fingerprint density at radius 1 is 1.26 bits per heavy atom. The molecule has 0 bridgehead atoms. The molecule has 3 aromatic rings. The lowest BCUT2D eigenvalue weighted by molar-refractivity contribution is -0.122. The van der Waals surface area contributed by atoms with E-state index in [0.717, 1.165) is 5.56 Å². The van der Waals surface area contributed by atoms with Crippen LogP contribution < -0.4 is 15.6 Å². The van der Waals surface area contributed by atoms with E-state index in [-0.39, 0.29) is 11.3 Å². The third kappa shape index (κ3) is 4.06. The number of carbonyl (C=O) groups is 2. The summed E-state index contributed by atoms with van der Waals surface area (Å²) in [5, 5.41) is 6.84. The fraction of sp³-hybridized carbons (Fsp3) is 0.176. The molecule has 0 aliphatic carbocycles. The molecule has 1 aromatic carbocycles. The van der Waals surface area contributed by atoms with E-state index >= 15 is 0 Å². The summed E-state index contributed by atoms with van der Waals surface area (Å²) in [6, 6.07) is 8.70. The van der Waals surface area contributed by atoms with E-state index < -0.39 is 11.8 Å². The van der Waals surface area contributed by atoms with Gasteiger partial charge in [0.25, 0.3) is 11.8 Å². The van der Waals surface area contributed by atoms with Gasteiger partial charge in [-0.2, -0.15) is 5.10 Å². The molecule has 3 N–H and O–H groups in total. The van der Waals surface area contributed by atoms with E-state index in [0.29, 0.717) is 22.9 Å². The van der Waals surface area contributed by atoms with Crippen molar-refractivity contribution in [2.75, 3.05) is 7.11 Å². The second-order valence-electron chi connectivity index (χ2n) is 5.56. The molecule has 9 nitrogen and oxygen atoms in total. The molecule has 0 saturated carbocycles. The zero-order chi connectivity index (χ0) is 19.4. The van der Waals surface area contributed by atoms with Crippen molar-refractivity contribution in [1.82, 2.24) is 25.6 Å². The van der Waals surface area contributed by atoms with Crippen LogP contribution in [0.2, 0.25) is 0 Å². The maximum atomic E-state index is 12.2. The number of rotatable bonds is 5. The van der Waals surface area contributed by atoms with Gasteiger partial charge in [-0.15, -0.1) is 0 Å². The van der Waals surface area contributed by atoms with Gasteiger partial charge >= 0.3 is 0 Å². The Kier molecular flexibility index (Phi) is 5.36. The number of benzene rings is 1. The van der Waals surface area contributed by atoms with Gasteiger partial charge in [-0.25, -0.2) is 0 Å². The van der Waals surface area contributed by atoms with Crippen molar-refractivity contribution >= 4 is 24.0 Å². The zero-order valence-electron chi connectivity index (χ0n) is 14.6. The summed E-state index contributed by atoms with van der Waals surface area (Å²) >= 11 is 5.20. The molecule has 3 rings (SSSR count). The number of aromatic nitrogens is 3. The fourth-order valence-corrected chi connectivity index (χ4v) is 2.62. The monoisotopic (exact) mass is 387 g/mol. The number of aromatic amines is 1. The Morgan fingerprint density at radius 2 is 2.00 bits per heavy atom. The average Bonchev–Trinajstić information content (AvgIpc) is 3.26. The highest BCUT2D eigenvalue weighted by Gasteiger charge is 2.15. The molecular weight excluding hydrogens is 370 g/mol. The van der Waals surface area contributed by atoms with Crippen molar-refractivity contribution in [3.05, 3.63) is 52.7 Å². The van der Waals surface area contributed by atoms with Crippen LogP contribution in [0.5, 0.6) is 5.75 Å². The molecule has 0 aliphatic rings. The van der Waals surface area contributed by atoms with Crippen molar-refractivity contribution in [3.63, 3.8) is 0 Å². The van der Waals surface area contributed by atoms with Gasteiger partial charge in [-0.05, 0) is 49.5 Å². The number of hydrogen-bond donors (Lipinski definition) is 3. The molecule has 2 aromatic heterocycles. The highest BCUT2D eigenvalue weighted by Crippen LogP contribution is 2.20. The predicted molar refractivity (Wildman–Crippen MR) is 98.5 cm³/mol. The van der Waals surface area contributed by atoms with E-state index in [1.165, 1.54) is 16.9 Å². The van der Waals surface area contributed by atoms with Crippen molar-refractivity contribution in [1.29, 1.82) is 0 Å². The van der Waals surface area contributed by atoms with Crippen molar-refractivity contribution in [2.24, 2.45) is 0 Å². The van der Waals surface area contributed by atoms with Gasteiger partial charge in [0.2, 0.25) is 0 Å². The molecular formula is C17H17N5O4S. The number of methoxy groups -OCH3 is 1. The standard InChI is InChI=1S/C17H17N5O4S/c1-10-13(7-8-26-10)16(24)20-18-14(23)9-22-15(19-21-17(22)27)11-3-5-12(25-2)6-4-11/h3-8H,9H2,1-2H3,(H,18,23)(H,20,24)(H,21,27). The Bertz CT molecular complexity index is 1020. The summed E-state index contributed by atoms with van der Waals surface area (Å²) in [5.74, 6) is 0.724. The highest BCUT2D eigenvalue weighted by molar-refractivity contribution is 7.71. The molecule has 0 fully saturated rings. The summed E-state index contributed by atoms with van der Waals surface area (Å²) < 4.78 is 12.0. The summed E-state index contributed by atoms with van der Waals surface area (Å²) in [4.78, 5) is 24.2. The number of aryl methyl sites for hydroxylation is 1. The Labute approximate surface area is 159 Å². The molecule has 2 heterocycles. The first-order chi connectivity index (χ1) is 13.0. The minimum absolute atomic E-state index is 0.124. The van der Waals surface area contributed by atoms with E-state index in [1.54, 1.807) is 26.2 Å². The Hall–Kier alpha value is -3.40. The average molecular weight is 387 g/mol. The number of nitrogens with one attached hydrogen (secondary N) is 3. The minimum atomic E-state index is -0.472. The molecule has 27 heavy (non-hydrogen) atoms. The summed E-state index contributed by atoms with van der Waals surface area (Å²) in [7, 11) is 1.58. The highest BCUT2D eigenvalue weighted by atomic mass is 32.1. The van der Waals surface area contributed by atoms with Crippen LogP contribution >= 0.6 is 12.2 Å². The fourth-order valence-electron chi connectivity index (χ4n) is 2.42. The minimum Gasteiger partial charge on any atom is -0.497 e. The van der Waals surface area contributed by atoms with Crippen molar-refractivity contribution < 1.29 is 18.7 Å². The number of amides is 2. The smallest absolute Gasteiger partial charge is 0.273 e. The topological polar surface area (TPSA) is 114 Å². The Morgan fingerprint density at radius 3 is 2.63 bits per heavy atom. The lowest BCUT2D eigenvalue weighted by Crippen LogP contribution is -2.43. The summed E-state index contributed by atoms with van der Waals surface area (Å²) in [5.41, 5.74) is 5.79. The number of carbonyl (C=O) groups excluding carboxylic acids is 2. The third-order valence-electron chi connectivity index (χ3n) is 3.83. The van der Waals surface area contributed by atoms with Crippen LogP contribution in [-0.2, 0) is 11.3 Å². The molecule has 2 amide bonds. The van der Waals surface area contributed by atoms with Crippen LogP contribution in [0.4, 0.5) is 0 Å². The largest absolute Gasteiger partial charge is 0.497 e. The molecule has 0 atom stereocenters. The van der Waals surface area contributed by atoms with Crippen LogP contribution in [0, 0.1) is 11.7 Å². The molecule has 0 unspecified atom stereocenters. The first-order valence-electron chi connectivity index (χ1n) is 7.92. The lowest BCUT2D eigenvalue weighted by atomic mass is 10.2. The zero-order valence-corrected chi connectivity index (χ0v) is 15.4. The van der Waals surface area contributed by atoms with Crippen LogP contribution in [0.15, 0.2) is 41.0 Å². The second-order valence-corrected chi connectivity index (χ2v) is 5.95. The lowest BCUT2D eigenvalue weighted by Gasteiger charge is -2.09. The van der Waals surface area contributed by atoms with Crippen LogP contribution in [0.1, 0.15) is 16.1 Å². The summed E-state index contributed by atoms with van der Waals surface area (Å²) in [6.45, 7) is 1.53. The third-order valence-corrected chi connectivity index (χ3v) is 4.14.